The summed E-state index contributed by atoms with van der Waals surface area (Å²) in [5, 5.41) is 33.0. The number of nitrogens with zero attached hydrogens (tertiary/aromatic N) is 4. The van der Waals surface area contributed by atoms with Gasteiger partial charge in [-0.2, -0.15) is 0 Å². The van der Waals surface area contributed by atoms with E-state index in [9.17, 15) is 15.0 Å². The van der Waals surface area contributed by atoms with Gasteiger partial charge in [0.25, 0.3) is 0 Å². The van der Waals surface area contributed by atoms with E-state index in [4.69, 9.17) is 14.2 Å². The van der Waals surface area contributed by atoms with Crippen molar-refractivity contribution in [3.63, 3.8) is 0 Å². The Morgan fingerprint density at radius 3 is 2.89 bits per heavy atom. The third-order valence-electron chi connectivity index (χ3n) is 5.60. The average Bonchev–Trinajstić information content (AvgIpc) is 3.28. The number of aliphatic hydroxyl groups is 2. The van der Waals surface area contributed by atoms with Crippen molar-refractivity contribution in [2.45, 2.75) is 57.6 Å². The lowest BCUT2D eigenvalue weighted by Crippen LogP contribution is -2.64. The molecule has 0 spiro atoms. The molecule has 2 aromatic heterocycles. The van der Waals surface area contributed by atoms with Crippen molar-refractivity contribution in [2.24, 2.45) is 0 Å². The predicted molar refractivity (Wildman–Crippen MR) is 125 cm³/mol. The van der Waals surface area contributed by atoms with E-state index in [-0.39, 0.29) is 25.7 Å². The maximum absolute atomic E-state index is 11.5. The highest BCUT2D eigenvalue weighted by molar-refractivity contribution is 5.84. The number of aromatic nitrogens is 4. The van der Waals surface area contributed by atoms with Gasteiger partial charge in [0.1, 0.15) is 47.9 Å². The van der Waals surface area contributed by atoms with Gasteiger partial charge in [-0.3, -0.25) is 4.79 Å². The van der Waals surface area contributed by atoms with Crippen LogP contribution >= 0.6 is 0 Å². The van der Waals surface area contributed by atoms with Crippen LogP contribution in [-0.4, -0.2) is 73.3 Å². The summed E-state index contributed by atoms with van der Waals surface area (Å²) in [6, 6.07) is 8.72. The maximum atomic E-state index is 11.5. The highest BCUT2D eigenvalue weighted by Crippen LogP contribution is 2.25. The molecule has 0 saturated carbocycles. The smallest absolute Gasteiger partial charge is 0.217 e. The Labute approximate surface area is 202 Å². The van der Waals surface area contributed by atoms with Gasteiger partial charge in [0.15, 0.2) is 6.29 Å². The second kappa shape index (κ2) is 10.9. The number of nitrogens with one attached hydrogen (secondary N) is 1. The van der Waals surface area contributed by atoms with Crippen molar-refractivity contribution in [2.75, 3.05) is 6.61 Å². The molecule has 0 aliphatic carbocycles. The molecule has 1 aliphatic heterocycles. The van der Waals surface area contributed by atoms with Crippen LogP contribution in [0.5, 0.6) is 5.75 Å². The fourth-order valence-electron chi connectivity index (χ4n) is 3.94. The van der Waals surface area contributed by atoms with Crippen LogP contribution in [0, 0.1) is 6.92 Å². The van der Waals surface area contributed by atoms with Crippen LogP contribution in [0.4, 0.5) is 0 Å². The Bertz CT molecular complexity index is 1180. The molecule has 1 fully saturated rings. The number of benzene rings is 1. The number of carbonyl (C=O) groups excluding carboxylic acids is 1. The molecule has 3 N–H and O–H groups in total. The molecule has 1 amide bonds. The SMILES string of the molecule is C=CCO[C@H]1O[C@H](Cn2cc(COc3cccc4ccc(C)nc34)nn2)[C@H](O)[C@H](O)[C@H]1NC(C)=O. The van der Waals surface area contributed by atoms with Crippen molar-refractivity contribution in [3.8, 4) is 5.75 Å². The van der Waals surface area contributed by atoms with Crippen molar-refractivity contribution in [1.29, 1.82) is 0 Å². The Morgan fingerprint density at radius 1 is 1.29 bits per heavy atom. The first-order chi connectivity index (χ1) is 16.9. The number of hydrogen-bond donors (Lipinski definition) is 3. The average molecular weight is 484 g/mol. The molecule has 0 radical (unpaired) electrons. The number of aliphatic hydroxyl groups excluding tert-OH is 2. The standard InChI is InChI=1S/C24H29N5O6/c1-4-10-33-24-21(26-15(3)30)23(32)22(31)19(35-24)12-29-11-17(27-28-29)13-34-18-7-5-6-16-9-8-14(2)25-20(16)18/h4-9,11,19,21-24,31-32H,1,10,12-13H2,2-3H3,(H,26,30)/t19-,21-,22+,23-,24+/m1/s1. The molecule has 3 aromatic rings. The Kier molecular flexibility index (Phi) is 7.71. The molecular weight excluding hydrogens is 454 g/mol. The number of carbonyl (C=O) groups is 1. The Balaban J connectivity index is 1.42. The molecule has 11 nitrogen and oxygen atoms in total. The molecule has 0 bridgehead atoms. The molecule has 11 heteroatoms. The normalized spacial score (nSPS) is 24.3. The van der Waals surface area contributed by atoms with Crippen LogP contribution in [0.25, 0.3) is 10.9 Å². The zero-order chi connectivity index (χ0) is 24.9. The largest absolute Gasteiger partial charge is 0.485 e. The first-order valence-electron chi connectivity index (χ1n) is 11.2. The van der Waals surface area contributed by atoms with Gasteiger partial charge < -0.3 is 29.7 Å². The van der Waals surface area contributed by atoms with E-state index in [1.807, 2.05) is 37.3 Å². The van der Waals surface area contributed by atoms with E-state index in [2.05, 4.69) is 27.2 Å². The van der Waals surface area contributed by atoms with Crippen molar-refractivity contribution in [3.05, 3.63) is 60.6 Å². The van der Waals surface area contributed by atoms with E-state index in [0.717, 1.165) is 16.6 Å². The molecular formula is C24H29N5O6. The zero-order valence-electron chi connectivity index (χ0n) is 19.6. The number of para-hydroxylation sites is 1. The predicted octanol–water partition coefficient (Wildman–Crippen LogP) is 0.868. The highest BCUT2D eigenvalue weighted by atomic mass is 16.7. The lowest BCUT2D eigenvalue weighted by molar-refractivity contribution is -0.264. The summed E-state index contributed by atoms with van der Waals surface area (Å²) in [6.07, 6.45) is -1.23. The van der Waals surface area contributed by atoms with E-state index < -0.39 is 30.6 Å². The lowest BCUT2D eigenvalue weighted by atomic mass is 9.96. The van der Waals surface area contributed by atoms with Gasteiger partial charge in [-0.25, -0.2) is 9.67 Å². The van der Waals surface area contributed by atoms with E-state index in [1.54, 1.807) is 6.20 Å². The van der Waals surface area contributed by atoms with Gasteiger partial charge in [-0.05, 0) is 19.1 Å². The summed E-state index contributed by atoms with van der Waals surface area (Å²) < 4.78 is 18.9. The van der Waals surface area contributed by atoms with Crippen LogP contribution in [-0.2, 0) is 27.4 Å². The number of aryl methyl sites for hydroxylation is 1. The molecule has 3 heterocycles. The molecule has 0 unspecified atom stereocenters. The van der Waals surface area contributed by atoms with Gasteiger partial charge >= 0.3 is 0 Å². The lowest BCUT2D eigenvalue weighted by Gasteiger charge is -2.42. The molecule has 5 atom stereocenters. The summed E-state index contributed by atoms with van der Waals surface area (Å²) in [4.78, 5) is 16.1. The second-order valence-electron chi connectivity index (χ2n) is 8.37. The Hall–Kier alpha value is -3.38. The third kappa shape index (κ3) is 5.82. The van der Waals surface area contributed by atoms with Gasteiger partial charge in [-0.15, -0.1) is 11.7 Å². The first kappa shape index (κ1) is 24.7. The number of rotatable bonds is 9. The highest BCUT2D eigenvalue weighted by Gasteiger charge is 2.45. The van der Waals surface area contributed by atoms with Gasteiger partial charge in [-0.1, -0.05) is 29.5 Å². The van der Waals surface area contributed by atoms with Gasteiger partial charge in [0, 0.05) is 18.0 Å². The summed E-state index contributed by atoms with van der Waals surface area (Å²) in [6.45, 7) is 7.24. The van der Waals surface area contributed by atoms with E-state index in [0.29, 0.717) is 11.4 Å². The van der Waals surface area contributed by atoms with Crippen LogP contribution in [0.1, 0.15) is 18.3 Å². The van der Waals surface area contributed by atoms with Gasteiger partial charge in [0.2, 0.25) is 5.91 Å². The molecule has 1 saturated heterocycles. The molecule has 1 aromatic carbocycles. The van der Waals surface area contributed by atoms with Gasteiger partial charge in [0.05, 0.1) is 19.3 Å². The molecule has 4 rings (SSSR count). The minimum Gasteiger partial charge on any atom is -0.485 e. The topological polar surface area (TPSA) is 141 Å². The molecule has 1 aliphatic rings. The number of amides is 1. The van der Waals surface area contributed by atoms with Crippen molar-refractivity contribution in [1.82, 2.24) is 25.3 Å². The summed E-state index contributed by atoms with van der Waals surface area (Å²) >= 11 is 0. The fourth-order valence-corrected chi connectivity index (χ4v) is 3.94. The van der Waals surface area contributed by atoms with Crippen molar-refractivity contribution >= 4 is 16.8 Å². The van der Waals surface area contributed by atoms with Crippen LogP contribution in [0.15, 0.2) is 49.2 Å². The number of ether oxygens (including phenoxy) is 3. The molecule has 35 heavy (non-hydrogen) atoms. The first-order valence-corrected chi connectivity index (χ1v) is 11.2. The molecule has 186 valence electrons. The fraction of sp³-hybridized carbons (Fsp3) is 0.417. The second-order valence-corrected chi connectivity index (χ2v) is 8.37. The third-order valence-corrected chi connectivity index (χ3v) is 5.60. The van der Waals surface area contributed by atoms with E-state index >= 15 is 0 Å². The van der Waals surface area contributed by atoms with Crippen LogP contribution in [0.3, 0.4) is 0 Å². The summed E-state index contributed by atoms with van der Waals surface area (Å²) in [5.74, 6) is 0.258. The minimum absolute atomic E-state index is 0.0982. The van der Waals surface area contributed by atoms with Crippen LogP contribution in [0.2, 0.25) is 0 Å². The maximum Gasteiger partial charge on any atom is 0.217 e. The quantitative estimate of drug-likeness (QED) is 0.378. The minimum atomic E-state index is -1.30. The summed E-state index contributed by atoms with van der Waals surface area (Å²) in [7, 11) is 0. The number of hydrogen-bond acceptors (Lipinski definition) is 9. The number of fused-ring (bicyclic) bond motifs is 1. The Morgan fingerprint density at radius 2 is 2.11 bits per heavy atom. The monoisotopic (exact) mass is 483 g/mol. The zero-order valence-corrected chi connectivity index (χ0v) is 19.6. The van der Waals surface area contributed by atoms with Crippen molar-refractivity contribution < 1.29 is 29.2 Å². The van der Waals surface area contributed by atoms with E-state index in [1.165, 1.54) is 17.7 Å². The number of pyridine rings is 1. The summed E-state index contributed by atoms with van der Waals surface area (Å²) in [5.41, 5.74) is 2.23. The van der Waals surface area contributed by atoms with Crippen LogP contribution < -0.4 is 10.1 Å².